The van der Waals surface area contributed by atoms with E-state index in [0.717, 1.165) is 6.07 Å². The van der Waals surface area contributed by atoms with Crippen molar-refractivity contribution < 1.29 is 8.78 Å². The molecule has 19 heavy (non-hydrogen) atoms. The van der Waals surface area contributed by atoms with Gasteiger partial charge in [0.05, 0.1) is 6.54 Å². The van der Waals surface area contributed by atoms with E-state index in [0.29, 0.717) is 37.6 Å². The number of halogens is 2. The maximum Gasteiger partial charge on any atom is 0.192 e. The SMILES string of the molecule is C#CCNC(=NCCc1cccc(F)c1F)NCC. The van der Waals surface area contributed by atoms with Crippen LogP contribution in [0.4, 0.5) is 8.78 Å². The Morgan fingerprint density at radius 1 is 1.37 bits per heavy atom. The molecule has 0 heterocycles. The Bertz CT molecular complexity index is 478. The summed E-state index contributed by atoms with van der Waals surface area (Å²) >= 11 is 0. The van der Waals surface area contributed by atoms with Gasteiger partial charge in [-0.25, -0.2) is 8.78 Å². The lowest BCUT2D eigenvalue weighted by Crippen LogP contribution is -2.37. The highest BCUT2D eigenvalue weighted by molar-refractivity contribution is 5.79. The summed E-state index contributed by atoms with van der Waals surface area (Å²) in [5, 5.41) is 5.92. The number of guanidine groups is 1. The zero-order valence-corrected chi connectivity index (χ0v) is 10.8. The Morgan fingerprint density at radius 2 is 2.16 bits per heavy atom. The van der Waals surface area contributed by atoms with Crippen molar-refractivity contribution >= 4 is 5.96 Å². The van der Waals surface area contributed by atoms with Gasteiger partial charge in [-0.15, -0.1) is 6.42 Å². The Kier molecular flexibility index (Phi) is 6.37. The number of nitrogens with zero attached hydrogens (tertiary/aromatic N) is 1. The molecule has 5 heteroatoms. The Hall–Kier alpha value is -2.09. The molecule has 1 aromatic rings. The predicted octanol–water partition coefficient (Wildman–Crippen LogP) is 1.70. The number of rotatable bonds is 5. The van der Waals surface area contributed by atoms with Crippen molar-refractivity contribution in [2.24, 2.45) is 4.99 Å². The summed E-state index contributed by atoms with van der Waals surface area (Å²) in [6.07, 6.45) is 5.47. The van der Waals surface area contributed by atoms with Crippen molar-refractivity contribution in [1.82, 2.24) is 10.6 Å². The molecule has 0 spiro atoms. The van der Waals surface area contributed by atoms with E-state index >= 15 is 0 Å². The number of hydrogen-bond acceptors (Lipinski definition) is 1. The van der Waals surface area contributed by atoms with Crippen LogP contribution in [0.1, 0.15) is 12.5 Å². The van der Waals surface area contributed by atoms with Crippen molar-refractivity contribution in [2.45, 2.75) is 13.3 Å². The smallest absolute Gasteiger partial charge is 0.192 e. The maximum atomic E-state index is 13.4. The minimum Gasteiger partial charge on any atom is -0.357 e. The van der Waals surface area contributed by atoms with E-state index in [1.165, 1.54) is 6.07 Å². The van der Waals surface area contributed by atoms with E-state index in [4.69, 9.17) is 6.42 Å². The van der Waals surface area contributed by atoms with Gasteiger partial charge in [0.15, 0.2) is 17.6 Å². The van der Waals surface area contributed by atoms with Gasteiger partial charge in [-0.2, -0.15) is 0 Å². The highest BCUT2D eigenvalue weighted by atomic mass is 19.2. The molecule has 1 rings (SSSR count). The molecular weight excluding hydrogens is 248 g/mol. The van der Waals surface area contributed by atoms with Gasteiger partial charge in [-0.05, 0) is 25.0 Å². The first kappa shape index (κ1) is 15.0. The second kappa shape index (κ2) is 8.09. The molecule has 1 aromatic carbocycles. The molecule has 0 radical (unpaired) electrons. The Labute approximate surface area is 112 Å². The van der Waals surface area contributed by atoms with E-state index < -0.39 is 11.6 Å². The van der Waals surface area contributed by atoms with Crippen LogP contribution in [0.2, 0.25) is 0 Å². The second-order valence-corrected chi connectivity index (χ2v) is 3.78. The quantitative estimate of drug-likeness (QED) is 0.483. The fourth-order valence-corrected chi connectivity index (χ4v) is 1.51. The van der Waals surface area contributed by atoms with Gasteiger partial charge in [-0.1, -0.05) is 18.1 Å². The summed E-state index contributed by atoms with van der Waals surface area (Å²) in [5.74, 6) is 1.37. The summed E-state index contributed by atoms with van der Waals surface area (Å²) in [4.78, 5) is 4.23. The average Bonchev–Trinajstić information content (AvgIpc) is 2.40. The molecule has 0 aliphatic carbocycles. The lowest BCUT2D eigenvalue weighted by molar-refractivity contribution is 0.499. The average molecular weight is 265 g/mol. The number of hydrogen-bond donors (Lipinski definition) is 2. The van der Waals surface area contributed by atoms with Crippen molar-refractivity contribution in [3.63, 3.8) is 0 Å². The number of terminal acetylenes is 1. The van der Waals surface area contributed by atoms with Gasteiger partial charge in [0.2, 0.25) is 0 Å². The Balaban J connectivity index is 2.59. The first-order valence-corrected chi connectivity index (χ1v) is 6.07. The van der Waals surface area contributed by atoms with Crippen LogP contribution in [0.25, 0.3) is 0 Å². The van der Waals surface area contributed by atoms with Crippen LogP contribution in [0, 0.1) is 24.0 Å². The van der Waals surface area contributed by atoms with Crippen molar-refractivity contribution in [1.29, 1.82) is 0 Å². The van der Waals surface area contributed by atoms with E-state index in [1.807, 2.05) is 6.92 Å². The van der Waals surface area contributed by atoms with Crippen molar-refractivity contribution in [3.8, 4) is 12.3 Å². The summed E-state index contributed by atoms with van der Waals surface area (Å²) < 4.78 is 26.4. The fraction of sp³-hybridized carbons (Fsp3) is 0.357. The molecule has 0 aliphatic rings. The zero-order chi connectivity index (χ0) is 14.1. The van der Waals surface area contributed by atoms with Gasteiger partial charge in [-0.3, -0.25) is 4.99 Å². The number of nitrogens with one attached hydrogen (secondary N) is 2. The molecule has 0 saturated carbocycles. The molecule has 0 amide bonds. The third kappa shape index (κ3) is 4.96. The first-order valence-electron chi connectivity index (χ1n) is 6.07. The fourth-order valence-electron chi connectivity index (χ4n) is 1.51. The van der Waals surface area contributed by atoms with E-state index in [9.17, 15) is 8.78 Å². The maximum absolute atomic E-state index is 13.4. The van der Waals surface area contributed by atoms with Crippen LogP contribution < -0.4 is 10.6 Å². The molecule has 0 aliphatic heterocycles. The topological polar surface area (TPSA) is 36.4 Å². The molecule has 0 atom stereocenters. The Morgan fingerprint density at radius 3 is 2.84 bits per heavy atom. The van der Waals surface area contributed by atoms with Crippen LogP contribution in [0.3, 0.4) is 0 Å². The summed E-state index contributed by atoms with van der Waals surface area (Å²) in [6, 6.07) is 4.13. The molecule has 0 unspecified atom stereocenters. The molecule has 3 nitrogen and oxygen atoms in total. The minimum absolute atomic E-state index is 0.316. The van der Waals surface area contributed by atoms with Crippen LogP contribution in [0.5, 0.6) is 0 Å². The monoisotopic (exact) mass is 265 g/mol. The van der Waals surface area contributed by atoms with Gasteiger partial charge >= 0.3 is 0 Å². The van der Waals surface area contributed by atoms with E-state index in [2.05, 4.69) is 21.5 Å². The molecule has 0 bridgehead atoms. The van der Waals surface area contributed by atoms with Gasteiger partial charge in [0.25, 0.3) is 0 Å². The second-order valence-electron chi connectivity index (χ2n) is 3.78. The molecule has 0 fully saturated rings. The van der Waals surface area contributed by atoms with E-state index in [-0.39, 0.29) is 0 Å². The van der Waals surface area contributed by atoms with E-state index in [1.54, 1.807) is 6.07 Å². The highest BCUT2D eigenvalue weighted by Crippen LogP contribution is 2.11. The normalized spacial score (nSPS) is 10.9. The zero-order valence-electron chi connectivity index (χ0n) is 10.8. The standard InChI is InChI=1S/C14H17F2N3/c1-3-9-18-14(17-4-2)19-10-8-11-6-5-7-12(15)13(11)16/h1,5-7H,4,8-10H2,2H3,(H2,17,18,19). The van der Waals surface area contributed by atoms with Gasteiger partial charge in [0.1, 0.15) is 0 Å². The lowest BCUT2D eigenvalue weighted by Gasteiger charge is -2.08. The van der Waals surface area contributed by atoms with Gasteiger partial charge < -0.3 is 10.6 Å². The molecule has 2 N–H and O–H groups in total. The van der Waals surface area contributed by atoms with Crippen LogP contribution >= 0.6 is 0 Å². The summed E-state index contributed by atoms with van der Waals surface area (Å²) in [7, 11) is 0. The minimum atomic E-state index is -0.834. The number of aliphatic imine (C=N–C) groups is 1. The third-order valence-electron chi connectivity index (χ3n) is 2.38. The van der Waals surface area contributed by atoms with Crippen LogP contribution in [-0.4, -0.2) is 25.6 Å². The lowest BCUT2D eigenvalue weighted by atomic mass is 10.1. The largest absolute Gasteiger partial charge is 0.357 e. The molecule has 0 saturated heterocycles. The molecule has 0 aromatic heterocycles. The predicted molar refractivity (Wildman–Crippen MR) is 72.9 cm³/mol. The van der Waals surface area contributed by atoms with Gasteiger partial charge in [0, 0.05) is 13.1 Å². The number of benzene rings is 1. The summed E-state index contributed by atoms with van der Waals surface area (Å²) in [5.41, 5.74) is 0.316. The van der Waals surface area contributed by atoms with Crippen molar-refractivity contribution in [3.05, 3.63) is 35.4 Å². The van der Waals surface area contributed by atoms with Crippen LogP contribution in [-0.2, 0) is 6.42 Å². The third-order valence-corrected chi connectivity index (χ3v) is 2.38. The molecular formula is C14H17F2N3. The first-order chi connectivity index (χ1) is 9.19. The molecule has 102 valence electrons. The van der Waals surface area contributed by atoms with Crippen molar-refractivity contribution in [2.75, 3.05) is 19.6 Å². The highest BCUT2D eigenvalue weighted by Gasteiger charge is 2.06. The van der Waals surface area contributed by atoms with Crippen LogP contribution in [0.15, 0.2) is 23.2 Å². The summed E-state index contributed by atoms with van der Waals surface area (Å²) in [6.45, 7) is 3.34.